The summed E-state index contributed by atoms with van der Waals surface area (Å²) in [6.45, 7) is 1.30. The molecule has 3 rings (SSSR count). The molecule has 7 nitrogen and oxygen atoms in total. The number of carbonyl (C=O) groups excluding carboxylic acids is 1. The second-order valence-corrected chi connectivity index (χ2v) is 9.31. The molecule has 1 unspecified atom stereocenters. The number of hydrogen-bond donors (Lipinski definition) is 1. The first-order chi connectivity index (χ1) is 14.6. The van der Waals surface area contributed by atoms with Gasteiger partial charge in [-0.3, -0.25) is 4.79 Å². The van der Waals surface area contributed by atoms with Crippen LogP contribution in [0, 0.1) is 5.92 Å². The lowest BCUT2D eigenvalue weighted by atomic mass is 10.1. The van der Waals surface area contributed by atoms with Gasteiger partial charge in [-0.25, -0.2) is 13.4 Å². The second-order valence-electron chi connectivity index (χ2n) is 7.38. The molecule has 10 heteroatoms. The molecule has 0 saturated heterocycles. The van der Waals surface area contributed by atoms with Crippen LogP contribution in [0.1, 0.15) is 42.4 Å². The van der Waals surface area contributed by atoms with E-state index in [9.17, 15) is 22.0 Å². The number of ether oxygens (including phenoxy) is 1. The first-order valence-corrected chi connectivity index (χ1v) is 11.7. The fraction of sp³-hybridized carbons (Fsp3) is 0.381. The minimum absolute atomic E-state index is 0.102. The number of halogens is 2. The minimum atomic E-state index is -3.36. The third-order valence-corrected chi connectivity index (χ3v) is 5.34. The highest BCUT2D eigenvalue weighted by atomic mass is 32.2. The summed E-state index contributed by atoms with van der Waals surface area (Å²) in [5.41, 5.74) is -0.127. The largest absolute Gasteiger partial charge is 0.438 e. The number of sulfone groups is 1. The van der Waals surface area contributed by atoms with Crippen molar-refractivity contribution in [3.8, 4) is 11.6 Å². The zero-order valence-corrected chi connectivity index (χ0v) is 17.9. The summed E-state index contributed by atoms with van der Waals surface area (Å²) in [6, 6.07) is 7.81. The molecular weight excluding hydrogens is 428 g/mol. The number of rotatable bonds is 9. The molecule has 1 saturated carbocycles. The first-order valence-electron chi connectivity index (χ1n) is 9.76. The van der Waals surface area contributed by atoms with Gasteiger partial charge in [0.05, 0.1) is 6.04 Å². The second kappa shape index (κ2) is 9.09. The summed E-state index contributed by atoms with van der Waals surface area (Å²) in [7, 11) is -3.36. The molecule has 1 aromatic heterocycles. The van der Waals surface area contributed by atoms with E-state index in [1.165, 1.54) is 13.0 Å². The Kier molecular flexibility index (Phi) is 6.68. The predicted octanol–water partition coefficient (Wildman–Crippen LogP) is 3.84. The quantitative estimate of drug-likeness (QED) is 0.622. The van der Waals surface area contributed by atoms with Crippen LogP contribution in [-0.4, -0.2) is 36.6 Å². The van der Waals surface area contributed by atoms with E-state index in [1.807, 2.05) is 0 Å². The number of hydrogen-bond acceptors (Lipinski definition) is 6. The summed E-state index contributed by atoms with van der Waals surface area (Å²) < 4.78 is 56.8. The van der Waals surface area contributed by atoms with E-state index in [2.05, 4.69) is 15.3 Å². The number of nitrogens with zero attached hydrogens (tertiary/aromatic N) is 2. The van der Waals surface area contributed by atoms with Crippen LogP contribution >= 0.6 is 0 Å². The highest BCUT2D eigenvalue weighted by Crippen LogP contribution is 2.34. The lowest BCUT2D eigenvalue weighted by Gasteiger charge is -2.18. The normalized spacial score (nSPS) is 15.6. The van der Waals surface area contributed by atoms with Crippen molar-refractivity contribution in [2.75, 3.05) is 6.26 Å². The molecule has 1 N–H and O–H groups in total. The maximum absolute atomic E-state index is 14.1. The number of benzene rings is 1. The van der Waals surface area contributed by atoms with Crippen molar-refractivity contribution in [2.45, 2.75) is 38.2 Å². The molecule has 1 aliphatic carbocycles. The summed E-state index contributed by atoms with van der Waals surface area (Å²) in [6.07, 6.45) is 4.65. The Hall–Kier alpha value is -2.88. The summed E-state index contributed by atoms with van der Waals surface area (Å²) in [5.74, 6) is -4.55. The smallest absolute Gasteiger partial charge is 0.306 e. The van der Waals surface area contributed by atoms with E-state index < -0.39 is 40.0 Å². The number of aromatic nitrogens is 2. The fourth-order valence-electron chi connectivity index (χ4n) is 2.77. The van der Waals surface area contributed by atoms with Crippen LogP contribution in [0.25, 0.3) is 0 Å². The molecule has 2 aromatic rings. The molecule has 1 fully saturated rings. The zero-order chi connectivity index (χ0) is 22.6. The summed E-state index contributed by atoms with van der Waals surface area (Å²) in [5, 5.41) is 3.77. The fourth-order valence-corrected chi connectivity index (χ4v) is 3.22. The summed E-state index contributed by atoms with van der Waals surface area (Å²) >= 11 is 0. The zero-order valence-electron chi connectivity index (χ0n) is 17.1. The molecule has 31 heavy (non-hydrogen) atoms. The average Bonchev–Trinajstić information content (AvgIpc) is 3.56. The molecular formula is C21H23F2N3O4S. The Balaban J connectivity index is 1.92. The van der Waals surface area contributed by atoms with Gasteiger partial charge in [0.25, 0.3) is 5.91 Å². The maximum Gasteiger partial charge on any atom is 0.306 e. The Morgan fingerprint density at radius 3 is 2.58 bits per heavy atom. The van der Waals surface area contributed by atoms with E-state index in [0.29, 0.717) is 5.75 Å². The van der Waals surface area contributed by atoms with Crippen molar-refractivity contribution in [3.63, 3.8) is 0 Å². The SMILES string of the molecule is CCC(F)(F)c1ncc(C(=O)NC(C=CS(C)(=O)=O)C2CC2)c(Oc2ccccc2)n1. The van der Waals surface area contributed by atoms with Gasteiger partial charge in [0.1, 0.15) is 11.3 Å². The van der Waals surface area contributed by atoms with Gasteiger partial charge in [-0.15, -0.1) is 0 Å². The van der Waals surface area contributed by atoms with Gasteiger partial charge in [0.2, 0.25) is 11.7 Å². The molecule has 0 bridgehead atoms. The number of nitrogens with one attached hydrogen (secondary N) is 1. The molecule has 0 aliphatic heterocycles. The predicted molar refractivity (Wildman–Crippen MR) is 111 cm³/mol. The molecule has 0 spiro atoms. The van der Waals surface area contributed by atoms with Crippen molar-refractivity contribution in [1.29, 1.82) is 0 Å². The summed E-state index contributed by atoms with van der Waals surface area (Å²) in [4.78, 5) is 20.4. The highest BCUT2D eigenvalue weighted by Gasteiger charge is 2.35. The molecule has 1 aliphatic rings. The van der Waals surface area contributed by atoms with Crippen LogP contribution in [0.15, 0.2) is 48.0 Å². The monoisotopic (exact) mass is 451 g/mol. The van der Waals surface area contributed by atoms with Crippen LogP contribution in [-0.2, 0) is 15.8 Å². The van der Waals surface area contributed by atoms with Crippen LogP contribution < -0.4 is 10.1 Å². The highest BCUT2D eigenvalue weighted by molar-refractivity contribution is 7.93. The van der Waals surface area contributed by atoms with Crippen LogP contribution in [0.2, 0.25) is 0 Å². The third-order valence-electron chi connectivity index (χ3n) is 4.69. The number of para-hydroxylation sites is 1. The van der Waals surface area contributed by atoms with Crippen molar-refractivity contribution in [1.82, 2.24) is 15.3 Å². The average molecular weight is 451 g/mol. The molecule has 166 valence electrons. The van der Waals surface area contributed by atoms with Gasteiger partial charge >= 0.3 is 5.92 Å². The van der Waals surface area contributed by atoms with E-state index in [-0.39, 0.29) is 17.4 Å². The molecule has 1 heterocycles. The van der Waals surface area contributed by atoms with Crippen LogP contribution in [0.4, 0.5) is 8.78 Å². The molecule has 1 amide bonds. The molecule has 1 atom stereocenters. The lowest BCUT2D eigenvalue weighted by Crippen LogP contribution is -2.35. The van der Waals surface area contributed by atoms with Gasteiger partial charge < -0.3 is 10.1 Å². The van der Waals surface area contributed by atoms with Crippen LogP contribution in [0.3, 0.4) is 0 Å². The van der Waals surface area contributed by atoms with Crippen molar-refractivity contribution < 1.29 is 26.7 Å². The van der Waals surface area contributed by atoms with Gasteiger partial charge in [0.15, 0.2) is 9.84 Å². The van der Waals surface area contributed by atoms with E-state index >= 15 is 0 Å². The van der Waals surface area contributed by atoms with Gasteiger partial charge in [-0.1, -0.05) is 31.2 Å². The van der Waals surface area contributed by atoms with E-state index in [0.717, 1.165) is 30.7 Å². The number of carbonyl (C=O) groups is 1. The Morgan fingerprint density at radius 2 is 2.00 bits per heavy atom. The van der Waals surface area contributed by atoms with Crippen molar-refractivity contribution in [2.24, 2.45) is 5.92 Å². The first kappa shape index (κ1) is 22.8. The Labute approximate surface area is 179 Å². The third kappa shape index (κ3) is 6.30. The van der Waals surface area contributed by atoms with Crippen LogP contribution in [0.5, 0.6) is 11.6 Å². The molecule has 1 aromatic carbocycles. The van der Waals surface area contributed by atoms with Gasteiger partial charge in [0, 0.05) is 24.3 Å². The number of amides is 1. The standard InChI is InChI=1S/C21H23F2N3O4S/c1-3-21(22,23)20-24-13-16(19(26-20)30-15-7-5-4-6-8-15)18(27)25-17(14-9-10-14)11-12-31(2,28)29/h4-8,11-14,17H,3,9-10H2,1-2H3,(H,25,27). The van der Waals surface area contributed by atoms with Crippen molar-refractivity contribution >= 4 is 15.7 Å². The van der Waals surface area contributed by atoms with Gasteiger partial charge in [-0.05, 0) is 30.9 Å². The minimum Gasteiger partial charge on any atom is -0.438 e. The molecule has 0 radical (unpaired) electrons. The van der Waals surface area contributed by atoms with E-state index in [4.69, 9.17) is 4.74 Å². The number of alkyl halides is 2. The topological polar surface area (TPSA) is 98.2 Å². The van der Waals surface area contributed by atoms with Gasteiger partial charge in [-0.2, -0.15) is 13.8 Å². The Bertz CT molecular complexity index is 1070. The van der Waals surface area contributed by atoms with Crippen molar-refractivity contribution in [3.05, 3.63) is 59.4 Å². The maximum atomic E-state index is 14.1. The Morgan fingerprint density at radius 1 is 1.32 bits per heavy atom. The van der Waals surface area contributed by atoms with E-state index in [1.54, 1.807) is 30.3 Å². The lowest BCUT2D eigenvalue weighted by molar-refractivity contribution is -0.0181.